The molecule has 0 saturated carbocycles. The van der Waals surface area contributed by atoms with Gasteiger partial charge in [0.2, 0.25) is 0 Å². The zero-order valence-corrected chi connectivity index (χ0v) is 20.0. The molecule has 0 fully saturated rings. The van der Waals surface area contributed by atoms with E-state index in [4.69, 9.17) is 0 Å². The maximum absolute atomic E-state index is 2.35. The van der Waals surface area contributed by atoms with Crippen molar-refractivity contribution in [2.24, 2.45) is 0 Å². The molecule has 0 aliphatic carbocycles. The second-order valence-corrected chi connectivity index (χ2v) is 9.05. The molecular weight excluding hydrogens is 434 g/mol. The van der Waals surface area contributed by atoms with Crippen molar-refractivity contribution in [3.8, 4) is 0 Å². The van der Waals surface area contributed by atoms with Gasteiger partial charge in [-0.15, -0.1) is 0 Å². The summed E-state index contributed by atoms with van der Waals surface area (Å²) >= 11 is 0. The summed E-state index contributed by atoms with van der Waals surface area (Å²) in [6.07, 6.45) is 0. The molecule has 6 aromatic rings. The van der Waals surface area contributed by atoms with Gasteiger partial charge in [0.1, 0.15) is 0 Å². The minimum Gasteiger partial charge on any atom is -0.310 e. The van der Waals surface area contributed by atoms with Crippen LogP contribution >= 0.6 is 0 Å². The fourth-order valence-corrected chi connectivity index (χ4v) is 5.04. The third-order valence-electron chi connectivity index (χ3n) is 6.73. The van der Waals surface area contributed by atoms with Gasteiger partial charge in [-0.1, -0.05) is 121 Å². The van der Waals surface area contributed by atoms with Crippen molar-refractivity contribution in [3.05, 3.63) is 174 Å². The number of hydrogen-bond acceptors (Lipinski definition) is 1. The molecule has 1 heteroatoms. The Labute approximate surface area is 212 Å². The maximum atomic E-state index is 2.35. The van der Waals surface area contributed by atoms with Crippen LogP contribution in [-0.4, -0.2) is 0 Å². The van der Waals surface area contributed by atoms with E-state index in [1.165, 1.54) is 27.5 Å². The van der Waals surface area contributed by atoms with Crippen LogP contribution in [0.2, 0.25) is 0 Å². The monoisotopic (exact) mass is 461 g/mol. The molecule has 0 bridgehead atoms. The lowest BCUT2D eigenvalue weighted by Crippen LogP contribution is -2.09. The number of rotatable bonds is 6. The van der Waals surface area contributed by atoms with E-state index in [1.54, 1.807) is 0 Å². The highest BCUT2D eigenvalue weighted by Crippen LogP contribution is 2.37. The Bertz CT molecular complexity index is 1360. The summed E-state index contributed by atoms with van der Waals surface area (Å²) < 4.78 is 0. The van der Waals surface area contributed by atoms with Crippen LogP contribution in [0, 0.1) is 0 Å². The molecule has 0 spiro atoms. The molecule has 172 valence electrons. The van der Waals surface area contributed by atoms with Crippen molar-refractivity contribution in [3.63, 3.8) is 0 Å². The lowest BCUT2D eigenvalue weighted by Gasteiger charge is -2.26. The number of fused-ring (bicyclic) bond motifs is 1. The standard InChI is InChI=1S/C35H27N/c1-5-13-27(14-6-1)35(28-15-7-2-8-16-28)31-22-21-30-26-34(24-23-29(30)25-31)36(32-17-9-3-10-18-32)33-19-11-4-12-20-33/h1-26,35H. The fraction of sp³-hybridized carbons (Fsp3) is 0.0286. The summed E-state index contributed by atoms with van der Waals surface area (Å²) in [5.74, 6) is 0.196. The molecule has 1 nitrogen and oxygen atoms in total. The molecule has 0 heterocycles. The van der Waals surface area contributed by atoms with Crippen LogP contribution in [-0.2, 0) is 0 Å². The summed E-state index contributed by atoms with van der Waals surface area (Å²) in [7, 11) is 0. The van der Waals surface area contributed by atoms with E-state index >= 15 is 0 Å². The molecular formula is C35H27N. The van der Waals surface area contributed by atoms with Gasteiger partial charge in [0.25, 0.3) is 0 Å². The van der Waals surface area contributed by atoms with Gasteiger partial charge in [-0.25, -0.2) is 0 Å². The van der Waals surface area contributed by atoms with Crippen LogP contribution < -0.4 is 4.90 Å². The topological polar surface area (TPSA) is 3.24 Å². The summed E-state index contributed by atoms with van der Waals surface area (Å²) in [4.78, 5) is 2.31. The van der Waals surface area contributed by atoms with Gasteiger partial charge in [-0.05, 0) is 63.9 Å². The Morgan fingerprint density at radius 1 is 0.333 bits per heavy atom. The van der Waals surface area contributed by atoms with Crippen molar-refractivity contribution in [1.82, 2.24) is 0 Å². The van der Waals surface area contributed by atoms with E-state index in [0.29, 0.717) is 0 Å². The van der Waals surface area contributed by atoms with Crippen LogP contribution in [0.25, 0.3) is 10.8 Å². The number of benzene rings is 6. The second kappa shape index (κ2) is 9.93. The Morgan fingerprint density at radius 2 is 0.778 bits per heavy atom. The lowest BCUT2D eigenvalue weighted by atomic mass is 9.84. The third-order valence-corrected chi connectivity index (χ3v) is 6.73. The van der Waals surface area contributed by atoms with Gasteiger partial charge in [0.15, 0.2) is 0 Å². The predicted molar refractivity (Wildman–Crippen MR) is 152 cm³/mol. The maximum Gasteiger partial charge on any atom is 0.0468 e. The van der Waals surface area contributed by atoms with Crippen molar-refractivity contribution < 1.29 is 0 Å². The zero-order valence-electron chi connectivity index (χ0n) is 20.0. The molecule has 0 radical (unpaired) electrons. The minimum atomic E-state index is 0.196. The first-order chi connectivity index (χ1) is 17.9. The van der Waals surface area contributed by atoms with Crippen molar-refractivity contribution in [1.29, 1.82) is 0 Å². The van der Waals surface area contributed by atoms with E-state index < -0.39 is 0 Å². The normalized spacial score (nSPS) is 11.0. The highest BCUT2D eigenvalue weighted by atomic mass is 15.1. The van der Waals surface area contributed by atoms with Gasteiger partial charge in [0, 0.05) is 23.0 Å². The number of nitrogens with zero attached hydrogens (tertiary/aromatic N) is 1. The predicted octanol–water partition coefficient (Wildman–Crippen LogP) is 9.49. The second-order valence-electron chi connectivity index (χ2n) is 9.05. The summed E-state index contributed by atoms with van der Waals surface area (Å²) in [6, 6.07) is 56.3. The largest absolute Gasteiger partial charge is 0.310 e. The van der Waals surface area contributed by atoms with Gasteiger partial charge >= 0.3 is 0 Å². The molecule has 36 heavy (non-hydrogen) atoms. The van der Waals surface area contributed by atoms with E-state index in [-0.39, 0.29) is 5.92 Å². The Morgan fingerprint density at radius 3 is 1.31 bits per heavy atom. The molecule has 6 aromatic carbocycles. The fourth-order valence-electron chi connectivity index (χ4n) is 5.04. The molecule has 0 saturated heterocycles. The van der Waals surface area contributed by atoms with Crippen LogP contribution in [0.5, 0.6) is 0 Å². The van der Waals surface area contributed by atoms with Gasteiger partial charge < -0.3 is 4.90 Å². The lowest BCUT2D eigenvalue weighted by molar-refractivity contribution is 0.980. The van der Waals surface area contributed by atoms with Crippen LogP contribution in [0.3, 0.4) is 0 Å². The van der Waals surface area contributed by atoms with E-state index in [9.17, 15) is 0 Å². The molecule has 0 aliphatic rings. The first-order valence-corrected chi connectivity index (χ1v) is 12.4. The third kappa shape index (κ3) is 4.39. The van der Waals surface area contributed by atoms with E-state index in [0.717, 1.165) is 17.1 Å². The first-order valence-electron chi connectivity index (χ1n) is 12.4. The molecule has 6 rings (SSSR count). The summed E-state index contributed by atoms with van der Waals surface area (Å²) in [6.45, 7) is 0. The molecule has 0 aliphatic heterocycles. The van der Waals surface area contributed by atoms with E-state index in [2.05, 4.69) is 163 Å². The van der Waals surface area contributed by atoms with Crippen LogP contribution in [0.1, 0.15) is 22.6 Å². The number of para-hydroxylation sites is 2. The highest BCUT2D eigenvalue weighted by molar-refractivity contribution is 5.90. The van der Waals surface area contributed by atoms with Crippen molar-refractivity contribution in [2.75, 3.05) is 4.90 Å². The van der Waals surface area contributed by atoms with Crippen LogP contribution in [0.15, 0.2) is 158 Å². The smallest absolute Gasteiger partial charge is 0.0468 e. The minimum absolute atomic E-state index is 0.196. The Balaban J connectivity index is 1.44. The molecule has 0 aromatic heterocycles. The SMILES string of the molecule is c1ccc(C(c2ccccc2)c2ccc3cc(N(c4ccccc4)c4ccccc4)ccc3c2)cc1. The number of hydrogen-bond donors (Lipinski definition) is 0. The first kappa shape index (κ1) is 21.9. The van der Waals surface area contributed by atoms with Crippen molar-refractivity contribution in [2.45, 2.75) is 5.92 Å². The Hall–Kier alpha value is -4.62. The highest BCUT2D eigenvalue weighted by Gasteiger charge is 2.17. The number of anilines is 3. The van der Waals surface area contributed by atoms with Gasteiger partial charge in [-0.3, -0.25) is 0 Å². The molecule has 0 unspecified atom stereocenters. The van der Waals surface area contributed by atoms with Crippen molar-refractivity contribution >= 4 is 27.8 Å². The summed E-state index contributed by atoms with van der Waals surface area (Å²) in [5, 5.41) is 2.47. The zero-order chi connectivity index (χ0) is 24.2. The molecule has 0 N–H and O–H groups in total. The average Bonchev–Trinajstić information content (AvgIpc) is 2.96. The molecule has 0 amide bonds. The van der Waals surface area contributed by atoms with Gasteiger partial charge in [0.05, 0.1) is 0 Å². The van der Waals surface area contributed by atoms with E-state index in [1.807, 2.05) is 0 Å². The van der Waals surface area contributed by atoms with Gasteiger partial charge in [-0.2, -0.15) is 0 Å². The van der Waals surface area contributed by atoms with Crippen LogP contribution in [0.4, 0.5) is 17.1 Å². The molecule has 0 atom stereocenters. The summed E-state index contributed by atoms with van der Waals surface area (Å²) in [5.41, 5.74) is 7.35. The average molecular weight is 462 g/mol. The Kier molecular flexibility index (Phi) is 6.04. The quantitative estimate of drug-likeness (QED) is 0.223.